The molecule has 0 amide bonds. The Kier molecular flexibility index (Phi) is 3.19. The molecule has 3 aromatic carbocycles. The number of hydrogen-bond acceptors (Lipinski definition) is 1. The molecule has 1 heteroatoms. The molecular weight excluding hydrogens is 268 g/mol. The molecule has 0 fully saturated rings. The molecule has 1 nitrogen and oxygen atoms in total. The predicted molar refractivity (Wildman–Crippen MR) is 92.4 cm³/mol. The molecule has 1 atom stereocenters. The van der Waals surface area contributed by atoms with Crippen LogP contribution in [0.1, 0.15) is 22.6 Å². The van der Waals surface area contributed by atoms with E-state index in [9.17, 15) is 0 Å². The third kappa shape index (κ3) is 2.19. The van der Waals surface area contributed by atoms with Gasteiger partial charge in [0, 0.05) is 5.92 Å². The smallest absolute Gasteiger partial charge is 0.118 e. The lowest BCUT2D eigenvalue weighted by molar-refractivity contribution is 0.414. The fraction of sp³-hybridized carbons (Fsp3) is 0.143. The number of ether oxygens (including phenoxy) is 1. The minimum absolute atomic E-state index is 0.444. The minimum Gasteiger partial charge on any atom is -0.497 e. The highest BCUT2D eigenvalue weighted by atomic mass is 16.5. The topological polar surface area (TPSA) is 9.23 Å². The van der Waals surface area contributed by atoms with Crippen LogP contribution >= 0.6 is 0 Å². The van der Waals surface area contributed by atoms with Crippen molar-refractivity contribution in [3.63, 3.8) is 0 Å². The van der Waals surface area contributed by atoms with Gasteiger partial charge in [0.15, 0.2) is 0 Å². The second-order valence-electron chi connectivity index (χ2n) is 5.80. The number of fused-ring (bicyclic) bond motifs is 3. The van der Waals surface area contributed by atoms with Crippen molar-refractivity contribution in [1.29, 1.82) is 0 Å². The van der Waals surface area contributed by atoms with Crippen molar-refractivity contribution >= 4 is 16.8 Å². The number of allylic oxidation sites excluding steroid dienone is 1. The normalized spacial score (nSPS) is 16.5. The highest BCUT2D eigenvalue weighted by Gasteiger charge is 2.17. The summed E-state index contributed by atoms with van der Waals surface area (Å²) in [6, 6.07) is 21.5. The lowest BCUT2D eigenvalue weighted by Gasteiger charge is -2.21. The molecule has 1 unspecified atom stereocenters. The molecule has 0 spiro atoms. The van der Waals surface area contributed by atoms with Crippen molar-refractivity contribution < 1.29 is 4.74 Å². The van der Waals surface area contributed by atoms with E-state index in [4.69, 9.17) is 4.74 Å². The van der Waals surface area contributed by atoms with Crippen molar-refractivity contribution in [1.82, 2.24) is 0 Å². The Morgan fingerprint density at radius 1 is 0.909 bits per heavy atom. The zero-order valence-electron chi connectivity index (χ0n) is 12.6. The fourth-order valence-electron chi connectivity index (χ4n) is 3.31. The Balaban J connectivity index is 1.72. The van der Waals surface area contributed by atoms with Crippen LogP contribution in [-0.4, -0.2) is 7.11 Å². The van der Waals surface area contributed by atoms with Gasteiger partial charge in [-0.1, -0.05) is 60.7 Å². The maximum Gasteiger partial charge on any atom is 0.118 e. The van der Waals surface area contributed by atoms with E-state index < -0.39 is 0 Å². The highest BCUT2D eigenvalue weighted by molar-refractivity contribution is 5.92. The standard InChI is InChI=1S/C21H18O/c1-22-19-11-8-15(9-12-19)17-10-13-21-18(14-17)7-6-16-4-2-3-5-20(16)21/h2-13,17H,14H2,1H3. The Hall–Kier alpha value is -2.54. The number of benzene rings is 3. The van der Waals surface area contributed by atoms with E-state index in [1.54, 1.807) is 7.11 Å². The van der Waals surface area contributed by atoms with E-state index in [1.165, 1.54) is 27.5 Å². The van der Waals surface area contributed by atoms with Gasteiger partial charge in [0.1, 0.15) is 5.75 Å². The predicted octanol–water partition coefficient (Wildman–Crippen LogP) is 5.20. The molecule has 108 valence electrons. The van der Waals surface area contributed by atoms with Gasteiger partial charge in [0.05, 0.1) is 7.11 Å². The number of rotatable bonds is 2. The van der Waals surface area contributed by atoms with E-state index in [0.717, 1.165) is 12.2 Å². The van der Waals surface area contributed by atoms with Crippen LogP contribution in [0.25, 0.3) is 16.8 Å². The Morgan fingerprint density at radius 2 is 1.73 bits per heavy atom. The van der Waals surface area contributed by atoms with Crippen molar-refractivity contribution in [3.05, 3.63) is 83.4 Å². The monoisotopic (exact) mass is 286 g/mol. The van der Waals surface area contributed by atoms with E-state index in [2.05, 4.69) is 60.7 Å². The summed E-state index contributed by atoms with van der Waals surface area (Å²) in [6.45, 7) is 0. The molecule has 22 heavy (non-hydrogen) atoms. The third-order valence-electron chi connectivity index (χ3n) is 4.54. The first-order chi connectivity index (χ1) is 10.8. The minimum atomic E-state index is 0.444. The summed E-state index contributed by atoms with van der Waals surface area (Å²) in [5.41, 5.74) is 4.15. The van der Waals surface area contributed by atoms with Crippen LogP contribution in [-0.2, 0) is 6.42 Å². The molecule has 0 saturated heterocycles. The largest absolute Gasteiger partial charge is 0.497 e. The van der Waals surface area contributed by atoms with Gasteiger partial charge in [-0.25, -0.2) is 0 Å². The molecule has 0 saturated carbocycles. The first kappa shape index (κ1) is 13.1. The van der Waals surface area contributed by atoms with E-state index in [1.807, 2.05) is 12.1 Å². The average molecular weight is 286 g/mol. The molecule has 4 rings (SSSR count). The van der Waals surface area contributed by atoms with Crippen LogP contribution in [0.2, 0.25) is 0 Å². The second kappa shape index (κ2) is 5.34. The summed E-state index contributed by atoms with van der Waals surface area (Å²) in [5.74, 6) is 1.36. The first-order valence-corrected chi connectivity index (χ1v) is 7.68. The van der Waals surface area contributed by atoms with Gasteiger partial charge >= 0.3 is 0 Å². The SMILES string of the molecule is COc1ccc(C2C=Cc3c(ccc4ccccc34)C2)cc1. The zero-order valence-corrected chi connectivity index (χ0v) is 12.6. The lowest BCUT2D eigenvalue weighted by Crippen LogP contribution is -2.06. The van der Waals surface area contributed by atoms with Crippen LogP contribution in [0.5, 0.6) is 5.75 Å². The average Bonchev–Trinajstić information content (AvgIpc) is 2.61. The van der Waals surface area contributed by atoms with Gasteiger partial charge in [0.2, 0.25) is 0 Å². The van der Waals surface area contributed by atoms with Gasteiger partial charge in [-0.3, -0.25) is 0 Å². The van der Waals surface area contributed by atoms with Crippen molar-refractivity contribution in [2.45, 2.75) is 12.3 Å². The first-order valence-electron chi connectivity index (χ1n) is 7.68. The van der Waals surface area contributed by atoms with Crippen LogP contribution in [0.15, 0.2) is 66.7 Å². The van der Waals surface area contributed by atoms with Crippen molar-refractivity contribution in [2.24, 2.45) is 0 Å². The maximum absolute atomic E-state index is 5.24. The Bertz CT molecular complexity index is 843. The molecule has 0 N–H and O–H groups in total. The number of hydrogen-bond donors (Lipinski definition) is 0. The van der Waals surface area contributed by atoms with Gasteiger partial charge in [-0.2, -0.15) is 0 Å². The lowest BCUT2D eigenvalue weighted by atomic mass is 9.83. The summed E-state index contributed by atoms with van der Waals surface area (Å²) in [6.07, 6.45) is 5.68. The fourth-order valence-corrected chi connectivity index (χ4v) is 3.31. The van der Waals surface area contributed by atoms with E-state index in [0.29, 0.717) is 5.92 Å². The molecule has 0 bridgehead atoms. The summed E-state index contributed by atoms with van der Waals surface area (Å²) >= 11 is 0. The van der Waals surface area contributed by atoms with Crippen LogP contribution in [0.3, 0.4) is 0 Å². The van der Waals surface area contributed by atoms with Crippen LogP contribution in [0.4, 0.5) is 0 Å². The molecule has 0 radical (unpaired) electrons. The summed E-state index contributed by atoms with van der Waals surface area (Å²) < 4.78 is 5.24. The Labute approximate surface area is 130 Å². The molecule has 1 aliphatic carbocycles. The second-order valence-corrected chi connectivity index (χ2v) is 5.80. The van der Waals surface area contributed by atoms with Gasteiger partial charge < -0.3 is 4.74 Å². The van der Waals surface area contributed by atoms with E-state index in [-0.39, 0.29) is 0 Å². The molecule has 0 aliphatic heterocycles. The molecular formula is C21H18O. The van der Waals surface area contributed by atoms with E-state index >= 15 is 0 Å². The van der Waals surface area contributed by atoms with Gasteiger partial charge in [-0.05, 0) is 46.0 Å². The summed E-state index contributed by atoms with van der Waals surface area (Å²) in [4.78, 5) is 0. The summed E-state index contributed by atoms with van der Waals surface area (Å²) in [7, 11) is 1.71. The zero-order chi connectivity index (χ0) is 14.9. The molecule has 1 aliphatic rings. The molecule has 0 aromatic heterocycles. The quantitative estimate of drug-likeness (QED) is 0.629. The molecule has 0 heterocycles. The van der Waals surface area contributed by atoms with Gasteiger partial charge in [0.25, 0.3) is 0 Å². The Morgan fingerprint density at radius 3 is 2.55 bits per heavy atom. The molecule has 3 aromatic rings. The third-order valence-corrected chi connectivity index (χ3v) is 4.54. The maximum atomic E-state index is 5.24. The van der Waals surface area contributed by atoms with Gasteiger partial charge in [-0.15, -0.1) is 0 Å². The van der Waals surface area contributed by atoms with Crippen molar-refractivity contribution in [2.75, 3.05) is 7.11 Å². The summed E-state index contributed by atoms with van der Waals surface area (Å²) in [5, 5.41) is 2.67. The number of methoxy groups -OCH3 is 1. The highest BCUT2D eigenvalue weighted by Crippen LogP contribution is 2.34. The van der Waals surface area contributed by atoms with Crippen LogP contribution in [0, 0.1) is 0 Å². The van der Waals surface area contributed by atoms with Crippen LogP contribution < -0.4 is 4.74 Å². The van der Waals surface area contributed by atoms with Crippen molar-refractivity contribution in [3.8, 4) is 5.75 Å².